The Kier molecular flexibility index (Phi) is 5.66. The lowest BCUT2D eigenvalue weighted by molar-refractivity contribution is 0.106. The maximum absolute atomic E-state index is 13.3. The quantitative estimate of drug-likeness (QED) is 0.465. The summed E-state index contributed by atoms with van der Waals surface area (Å²) in [5.41, 5.74) is 3.11. The Morgan fingerprint density at radius 3 is 2.82 bits per heavy atom. The zero-order valence-electron chi connectivity index (χ0n) is 15.0. The summed E-state index contributed by atoms with van der Waals surface area (Å²) in [4.78, 5) is 0. The number of nitrogens with zero attached hydrogens (tertiary/aromatic N) is 1. The second-order valence-electron chi connectivity index (χ2n) is 6.42. The zero-order valence-corrected chi connectivity index (χ0v) is 15.8. The van der Waals surface area contributed by atoms with Gasteiger partial charge in [-0.2, -0.15) is 11.3 Å². The molecule has 2 N–H and O–H groups in total. The molecule has 144 valence electrons. The summed E-state index contributed by atoms with van der Waals surface area (Å²) in [5, 5.41) is 22.1. The van der Waals surface area contributed by atoms with Crippen LogP contribution in [0, 0.1) is 5.82 Å². The Morgan fingerprint density at radius 2 is 2.04 bits per heavy atom. The van der Waals surface area contributed by atoms with Crippen molar-refractivity contribution in [3.8, 4) is 17.0 Å². The minimum absolute atomic E-state index is 0.197. The molecule has 0 spiro atoms. The molecule has 0 fully saturated rings. The first kappa shape index (κ1) is 18.6. The zero-order chi connectivity index (χ0) is 19.3. The Hall–Kier alpha value is -2.74. The molecule has 2 aromatic carbocycles. The van der Waals surface area contributed by atoms with Crippen molar-refractivity contribution < 1.29 is 18.8 Å². The lowest BCUT2D eigenvalue weighted by atomic mass is 10.1. The average molecular weight is 398 g/mol. The van der Waals surface area contributed by atoms with E-state index in [0.717, 1.165) is 17.5 Å². The summed E-state index contributed by atoms with van der Waals surface area (Å²) in [5.74, 6) is 0.293. The van der Waals surface area contributed by atoms with Gasteiger partial charge in [-0.05, 0) is 58.8 Å². The molecule has 28 heavy (non-hydrogen) atoms. The fourth-order valence-electron chi connectivity index (χ4n) is 2.86. The highest BCUT2D eigenvalue weighted by Gasteiger charge is 2.11. The maximum atomic E-state index is 13.3. The lowest BCUT2D eigenvalue weighted by Gasteiger charge is -2.13. The summed E-state index contributed by atoms with van der Waals surface area (Å²) in [6.45, 7) is 1.38. The van der Waals surface area contributed by atoms with Crippen molar-refractivity contribution >= 4 is 22.3 Å². The van der Waals surface area contributed by atoms with E-state index in [9.17, 15) is 9.50 Å². The van der Waals surface area contributed by atoms with E-state index in [4.69, 9.17) is 9.26 Å². The van der Waals surface area contributed by atoms with Crippen molar-refractivity contribution in [3.63, 3.8) is 0 Å². The van der Waals surface area contributed by atoms with Crippen LogP contribution in [-0.2, 0) is 6.54 Å². The topological polar surface area (TPSA) is 67.5 Å². The summed E-state index contributed by atoms with van der Waals surface area (Å²) < 4.78 is 24.1. The van der Waals surface area contributed by atoms with Gasteiger partial charge >= 0.3 is 0 Å². The summed E-state index contributed by atoms with van der Waals surface area (Å²) in [6.07, 6.45) is -0.604. The second-order valence-corrected chi connectivity index (χ2v) is 7.20. The molecule has 0 saturated heterocycles. The van der Waals surface area contributed by atoms with Gasteiger partial charge < -0.3 is 19.7 Å². The van der Waals surface area contributed by atoms with Crippen LogP contribution >= 0.6 is 11.3 Å². The molecule has 1 unspecified atom stereocenters. The van der Waals surface area contributed by atoms with Crippen LogP contribution in [0.3, 0.4) is 0 Å². The molecule has 0 bridgehead atoms. The summed E-state index contributed by atoms with van der Waals surface area (Å²) >= 11 is 1.65. The van der Waals surface area contributed by atoms with E-state index in [-0.39, 0.29) is 12.4 Å². The number of aliphatic hydroxyl groups excluding tert-OH is 1. The van der Waals surface area contributed by atoms with Gasteiger partial charge in [0.25, 0.3) is 0 Å². The third kappa shape index (κ3) is 4.39. The highest BCUT2D eigenvalue weighted by atomic mass is 32.1. The minimum atomic E-state index is -0.604. The van der Waals surface area contributed by atoms with E-state index in [1.165, 1.54) is 17.7 Å². The van der Waals surface area contributed by atoms with Crippen molar-refractivity contribution in [2.75, 3.05) is 13.2 Å². The molecule has 0 saturated carbocycles. The second kappa shape index (κ2) is 8.52. The third-order valence-electron chi connectivity index (χ3n) is 4.29. The molecule has 0 aliphatic rings. The normalized spacial score (nSPS) is 12.4. The van der Waals surface area contributed by atoms with Crippen LogP contribution in [0.4, 0.5) is 4.39 Å². The molecule has 4 rings (SSSR count). The first-order chi connectivity index (χ1) is 13.7. The maximum Gasteiger partial charge on any atom is 0.170 e. The highest BCUT2D eigenvalue weighted by molar-refractivity contribution is 7.07. The van der Waals surface area contributed by atoms with Crippen LogP contribution in [0.5, 0.6) is 5.75 Å². The number of halogens is 1. The minimum Gasteiger partial charge on any atom is -0.491 e. The Morgan fingerprint density at radius 1 is 1.18 bits per heavy atom. The number of hydrogen-bond acceptors (Lipinski definition) is 6. The van der Waals surface area contributed by atoms with Gasteiger partial charge in [0.1, 0.15) is 30.0 Å². The van der Waals surface area contributed by atoms with E-state index in [1.807, 2.05) is 29.6 Å². The van der Waals surface area contributed by atoms with E-state index in [2.05, 4.69) is 21.9 Å². The van der Waals surface area contributed by atoms with Crippen molar-refractivity contribution in [2.45, 2.75) is 12.6 Å². The molecule has 4 aromatic rings. The van der Waals surface area contributed by atoms with Crippen molar-refractivity contribution in [1.29, 1.82) is 0 Å². The van der Waals surface area contributed by atoms with Crippen molar-refractivity contribution in [1.82, 2.24) is 10.5 Å². The molecule has 7 heteroatoms. The van der Waals surface area contributed by atoms with Crippen LogP contribution in [-0.4, -0.2) is 29.5 Å². The molecular formula is C21H19FN2O3S. The largest absolute Gasteiger partial charge is 0.491 e. The first-order valence-electron chi connectivity index (χ1n) is 8.87. The molecule has 1 atom stereocenters. The van der Waals surface area contributed by atoms with Gasteiger partial charge in [-0.15, -0.1) is 0 Å². The van der Waals surface area contributed by atoms with Crippen LogP contribution in [0.2, 0.25) is 0 Å². The third-order valence-corrected chi connectivity index (χ3v) is 5.03. The Labute approximate surface area is 165 Å². The van der Waals surface area contributed by atoms with Crippen LogP contribution in [0.15, 0.2) is 63.8 Å². The van der Waals surface area contributed by atoms with E-state index < -0.39 is 6.10 Å². The van der Waals surface area contributed by atoms with Gasteiger partial charge in [-0.3, -0.25) is 0 Å². The first-order valence-corrected chi connectivity index (χ1v) is 9.81. The van der Waals surface area contributed by atoms with E-state index >= 15 is 0 Å². The predicted octanol–water partition coefficient (Wildman–Crippen LogP) is 4.22. The molecule has 0 aliphatic heterocycles. The Bertz CT molecular complexity index is 1030. The van der Waals surface area contributed by atoms with Crippen molar-refractivity contribution in [2.24, 2.45) is 0 Å². The van der Waals surface area contributed by atoms with Gasteiger partial charge in [-0.1, -0.05) is 5.16 Å². The van der Waals surface area contributed by atoms with Gasteiger partial charge in [-0.25, -0.2) is 4.39 Å². The molecule has 0 amide bonds. The van der Waals surface area contributed by atoms with Crippen LogP contribution in [0.1, 0.15) is 5.56 Å². The number of aliphatic hydroxyl groups is 1. The molecule has 5 nitrogen and oxygen atoms in total. The lowest BCUT2D eigenvalue weighted by Crippen LogP contribution is -2.31. The smallest absolute Gasteiger partial charge is 0.170 e. The number of ether oxygens (including phenoxy) is 1. The van der Waals surface area contributed by atoms with Crippen molar-refractivity contribution in [3.05, 3.63) is 70.7 Å². The van der Waals surface area contributed by atoms with Gasteiger partial charge in [0.2, 0.25) is 0 Å². The molecule has 0 radical (unpaired) electrons. The Balaban J connectivity index is 1.31. The number of rotatable bonds is 8. The molecule has 2 heterocycles. The predicted molar refractivity (Wildman–Crippen MR) is 107 cm³/mol. The molecular weight excluding hydrogens is 379 g/mol. The number of hydrogen-bond donors (Lipinski definition) is 2. The molecule has 2 aromatic heterocycles. The highest BCUT2D eigenvalue weighted by Crippen LogP contribution is 2.29. The fourth-order valence-corrected chi connectivity index (χ4v) is 3.52. The van der Waals surface area contributed by atoms with Crippen LogP contribution < -0.4 is 10.1 Å². The summed E-state index contributed by atoms with van der Waals surface area (Å²) in [7, 11) is 0. The standard InChI is InChI=1S/C21H19FN2O3S/c22-16-3-6-19-20(9-16)27-24-21(19)15-1-4-18(5-2-15)26-12-17(25)11-23-10-14-7-8-28-13-14/h1-9,13,17,23,25H,10-12H2. The number of aromatic nitrogens is 1. The van der Waals surface area contributed by atoms with E-state index in [1.54, 1.807) is 17.4 Å². The fraction of sp³-hybridized carbons (Fsp3) is 0.190. The van der Waals surface area contributed by atoms with Gasteiger partial charge in [0.05, 0.1) is 0 Å². The van der Waals surface area contributed by atoms with Gasteiger partial charge in [0.15, 0.2) is 5.58 Å². The summed E-state index contributed by atoms with van der Waals surface area (Å²) in [6, 6.07) is 13.7. The average Bonchev–Trinajstić information content (AvgIpc) is 3.36. The number of fused-ring (bicyclic) bond motifs is 1. The number of benzene rings is 2. The monoisotopic (exact) mass is 398 g/mol. The van der Waals surface area contributed by atoms with E-state index in [0.29, 0.717) is 23.6 Å². The van der Waals surface area contributed by atoms with Crippen LogP contribution in [0.25, 0.3) is 22.2 Å². The number of thiophene rings is 1. The SMILES string of the molecule is OC(CNCc1ccsc1)COc1ccc(-c2noc3cc(F)ccc23)cc1. The number of nitrogens with one attached hydrogen (secondary N) is 1. The van der Waals surface area contributed by atoms with Gasteiger partial charge in [0, 0.05) is 30.1 Å². The molecule has 0 aliphatic carbocycles.